The van der Waals surface area contributed by atoms with Crippen LogP contribution in [0.2, 0.25) is 0 Å². The molecule has 0 aliphatic carbocycles. The topological polar surface area (TPSA) is 64.3 Å². The lowest BCUT2D eigenvalue weighted by atomic mass is 9.92. The van der Waals surface area contributed by atoms with Gasteiger partial charge in [-0.3, -0.25) is 4.79 Å². The Labute approximate surface area is 115 Å². The number of hydrogen-bond acceptors (Lipinski definition) is 3. The van der Waals surface area contributed by atoms with Gasteiger partial charge in [0.15, 0.2) is 0 Å². The quantitative estimate of drug-likeness (QED) is 0.738. The molecule has 19 heavy (non-hydrogen) atoms. The fourth-order valence-corrected chi connectivity index (χ4v) is 1.69. The molecule has 4 nitrogen and oxygen atoms in total. The number of rotatable bonds is 7. The SMILES string of the molecule is CC(C)OCCCNC(=O)C(C)(N)c1ccccc1. The third-order valence-electron chi connectivity index (χ3n) is 2.90. The summed E-state index contributed by atoms with van der Waals surface area (Å²) in [4.78, 5) is 12.1. The lowest BCUT2D eigenvalue weighted by Gasteiger charge is -2.24. The van der Waals surface area contributed by atoms with Gasteiger partial charge in [-0.25, -0.2) is 0 Å². The zero-order valence-electron chi connectivity index (χ0n) is 12.0. The smallest absolute Gasteiger partial charge is 0.244 e. The van der Waals surface area contributed by atoms with E-state index in [2.05, 4.69) is 5.32 Å². The molecule has 0 fully saturated rings. The largest absolute Gasteiger partial charge is 0.379 e. The minimum atomic E-state index is -1.000. The van der Waals surface area contributed by atoms with Crippen molar-refractivity contribution in [1.29, 1.82) is 0 Å². The highest BCUT2D eigenvalue weighted by molar-refractivity contribution is 5.86. The predicted molar refractivity (Wildman–Crippen MR) is 76.7 cm³/mol. The van der Waals surface area contributed by atoms with E-state index in [1.165, 1.54) is 0 Å². The van der Waals surface area contributed by atoms with Crippen LogP contribution >= 0.6 is 0 Å². The summed E-state index contributed by atoms with van der Waals surface area (Å²) in [5.74, 6) is -0.164. The summed E-state index contributed by atoms with van der Waals surface area (Å²) < 4.78 is 5.41. The molecule has 3 N–H and O–H groups in total. The van der Waals surface area contributed by atoms with Crippen molar-refractivity contribution in [2.45, 2.75) is 38.8 Å². The lowest BCUT2D eigenvalue weighted by Crippen LogP contribution is -2.49. The van der Waals surface area contributed by atoms with Crippen molar-refractivity contribution >= 4 is 5.91 Å². The molecule has 1 aromatic carbocycles. The van der Waals surface area contributed by atoms with E-state index < -0.39 is 5.54 Å². The number of hydrogen-bond donors (Lipinski definition) is 2. The summed E-state index contributed by atoms with van der Waals surface area (Å²) in [5, 5.41) is 2.85. The Morgan fingerprint density at radius 2 is 2.00 bits per heavy atom. The van der Waals surface area contributed by atoms with Crippen molar-refractivity contribution in [1.82, 2.24) is 5.32 Å². The number of carbonyl (C=O) groups excluding carboxylic acids is 1. The molecule has 0 bridgehead atoms. The molecule has 1 unspecified atom stereocenters. The molecule has 0 spiro atoms. The Balaban J connectivity index is 2.40. The van der Waals surface area contributed by atoms with Crippen LogP contribution < -0.4 is 11.1 Å². The average molecular weight is 264 g/mol. The van der Waals surface area contributed by atoms with Gasteiger partial charge in [0.05, 0.1) is 6.10 Å². The molecule has 1 atom stereocenters. The van der Waals surface area contributed by atoms with Crippen LogP contribution in [0, 0.1) is 0 Å². The minimum absolute atomic E-state index is 0.164. The Bertz CT molecular complexity index is 388. The first-order chi connectivity index (χ1) is 8.94. The van der Waals surface area contributed by atoms with Gasteiger partial charge in [-0.15, -0.1) is 0 Å². The molecule has 0 radical (unpaired) electrons. The highest BCUT2D eigenvalue weighted by Gasteiger charge is 2.29. The summed E-state index contributed by atoms with van der Waals surface area (Å²) in [7, 11) is 0. The van der Waals surface area contributed by atoms with Crippen LogP contribution in [0.15, 0.2) is 30.3 Å². The van der Waals surface area contributed by atoms with Gasteiger partial charge in [0, 0.05) is 13.2 Å². The zero-order chi connectivity index (χ0) is 14.3. The normalized spacial score (nSPS) is 14.2. The second kappa shape index (κ2) is 7.26. The van der Waals surface area contributed by atoms with Crippen molar-refractivity contribution in [3.8, 4) is 0 Å². The average Bonchev–Trinajstić information content (AvgIpc) is 2.38. The second-order valence-electron chi connectivity index (χ2n) is 5.10. The Hall–Kier alpha value is -1.39. The standard InChI is InChI=1S/C15H24N2O2/c1-12(2)19-11-7-10-17-14(18)15(3,16)13-8-5-4-6-9-13/h4-6,8-9,12H,7,10-11,16H2,1-3H3,(H,17,18). The van der Waals surface area contributed by atoms with Crippen LogP contribution in [0.3, 0.4) is 0 Å². The van der Waals surface area contributed by atoms with Crippen LogP contribution in [-0.2, 0) is 15.1 Å². The molecule has 0 saturated carbocycles. The third kappa shape index (κ3) is 5.01. The van der Waals surface area contributed by atoms with Gasteiger partial charge in [-0.05, 0) is 32.8 Å². The number of nitrogens with two attached hydrogens (primary N) is 1. The summed E-state index contributed by atoms with van der Waals surface area (Å²) in [6.07, 6.45) is 1.01. The van der Waals surface area contributed by atoms with Gasteiger partial charge < -0.3 is 15.8 Å². The fourth-order valence-electron chi connectivity index (χ4n) is 1.69. The molecule has 0 heterocycles. The first-order valence-corrected chi connectivity index (χ1v) is 6.69. The van der Waals surface area contributed by atoms with Gasteiger partial charge >= 0.3 is 0 Å². The van der Waals surface area contributed by atoms with E-state index >= 15 is 0 Å². The first kappa shape index (κ1) is 15.7. The Kier molecular flexibility index (Phi) is 5.99. The molecule has 0 aliphatic heterocycles. The van der Waals surface area contributed by atoms with Crippen molar-refractivity contribution in [3.63, 3.8) is 0 Å². The fraction of sp³-hybridized carbons (Fsp3) is 0.533. The Morgan fingerprint density at radius 3 is 2.58 bits per heavy atom. The molecule has 4 heteroatoms. The number of benzene rings is 1. The molecular formula is C15H24N2O2. The van der Waals surface area contributed by atoms with Crippen LogP contribution in [0.25, 0.3) is 0 Å². The predicted octanol–water partition coefficient (Wildman–Crippen LogP) is 1.79. The maximum Gasteiger partial charge on any atom is 0.244 e. The van der Waals surface area contributed by atoms with Gasteiger partial charge in [0.25, 0.3) is 0 Å². The first-order valence-electron chi connectivity index (χ1n) is 6.69. The molecular weight excluding hydrogens is 240 g/mol. The number of amides is 1. The Morgan fingerprint density at radius 1 is 1.37 bits per heavy atom. The van der Waals surface area contributed by atoms with Crippen molar-refractivity contribution in [3.05, 3.63) is 35.9 Å². The van der Waals surface area contributed by atoms with E-state index in [0.717, 1.165) is 12.0 Å². The van der Waals surface area contributed by atoms with Gasteiger partial charge in [-0.2, -0.15) is 0 Å². The van der Waals surface area contributed by atoms with E-state index in [4.69, 9.17) is 10.5 Å². The van der Waals surface area contributed by atoms with Crippen molar-refractivity contribution in [2.24, 2.45) is 5.73 Å². The molecule has 0 aromatic heterocycles. The highest BCUT2D eigenvalue weighted by atomic mass is 16.5. The van der Waals surface area contributed by atoms with Crippen LogP contribution in [0.4, 0.5) is 0 Å². The van der Waals surface area contributed by atoms with Crippen molar-refractivity contribution in [2.75, 3.05) is 13.2 Å². The van der Waals surface area contributed by atoms with E-state index in [9.17, 15) is 4.79 Å². The van der Waals surface area contributed by atoms with Crippen LogP contribution in [-0.4, -0.2) is 25.2 Å². The highest BCUT2D eigenvalue weighted by Crippen LogP contribution is 2.17. The molecule has 1 rings (SSSR count). The monoisotopic (exact) mass is 264 g/mol. The zero-order valence-corrected chi connectivity index (χ0v) is 12.0. The van der Waals surface area contributed by atoms with Crippen LogP contribution in [0.5, 0.6) is 0 Å². The summed E-state index contributed by atoms with van der Waals surface area (Å²) in [5.41, 5.74) is 5.91. The minimum Gasteiger partial charge on any atom is -0.379 e. The molecule has 0 saturated heterocycles. The maximum absolute atomic E-state index is 12.1. The van der Waals surface area contributed by atoms with E-state index in [1.54, 1.807) is 6.92 Å². The van der Waals surface area contributed by atoms with Gasteiger partial charge in [-0.1, -0.05) is 30.3 Å². The molecule has 1 amide bonds. The second-order valence-corrected chi connectivity index (χ2v) is 5.10. The van der Waals surface area contributed by atoms with Crippen LogP contribution in [0.1, 0.15) is 32.8 Å². The van der Waals surface area contributed by atoms with Gasteiger partial charge in [0.1, 0.15) is 5.54 Å². The summed E-state index contributed by atoms with van der Waals surface area (Å²) in [6, 6.07) is 9.39. The summed E-state index contributed by atoms with van der Waals surface area (Å²) >= 11 is 0. The molecule has 1 aromatic rings. The van der Waals surface area contributed by atoms with Crippen molar-refractivity contribution < 1.29 is 9.53 Å². The number of carbonyl (C=O) groups is 1. The molecule has 106 valence electrons. The number of ether oxygens (including phenoxy) is 1. The van der Waals surface area contributed by atoms with Gasteiger partial charge in [0.2, 0.25) is 5.91 Å². The number of nitrogens with one attached hydrogen (secondary N) is 1. The van der Waals surface area contributed by atoms with E-state index in [0.29, 0.717) is 13.2 Å². The maximum atomic E-state index is 12.1. The lowest BCUT2D eigenvalue weighted by molar-refractivity contribution is -0.126. The van der Waals surface area contributed by atoms with E-state index in [-0.39, 0.29) is 12.0 Å². The van der Waals surface area contributed by atoms with E-state index in [1.807, 2.05) is 44.2 Å². The summed E-state index contributed by atoms with van der Waals surface area (Å²) in [6.45, 7) is 6.92. The third-order valence-corrected chi connectivity index (χ3v) is 2.90. The molecule has 0 aliphatic rings.